The zero-order valence-corrected chi connectivity index (χ0v) is 9.93. The molecule has 0 aliphatic heterocycles. The normalized spacial score (nSPS) is 15.1. The van der Waals surface area contributed by atoms with Gasteiger partial charge in [-0.2, -0.15) is 0 Å². The Balaban J connectivity index is 1.83. The van der Waals surface area contributed by atoms with Crippen molar-refractivity contribution in [3.63, 3.8) is 0 Å². The summed E-state index contributed by atoms with van der Waals surface area (Å²) >= 11 is 0. The topological polar surface area (TPSA) is 42.7 Å². The van der Waals surface area contributed by atoms with Crippen LogP contribution in [0.25, 0.3) is 5.69 Å². The molecule has 0 amide bonds. The Morgan fingerprint density at radius 3 is 3.06 bits per heavy atom. The van der Waals surface area contributed by atoms with Gasteiger partial charge < -0.3 is 5.32 Å². The van der Waals surface area contributed by atoms with Crippen LogP contribution in [0.3, 0.4) is 0 Å². The summed E-state index contributed by atoms with van der Waals surface area (Å²) in [4.78, 5) is 0. The van der Waals surface area contributed by atoms with Crippen molar-refractivity contribution in [3.8, 4) is 5.69 Å². The van der Waals surface area contributed by atoms with Crippen molar-refractivity contribution in [1.29, 1.82) is 0 Å². The standard InChI is InChI=1S/C13H16N4/c1-10-3-2-4-12(7-10)17-13(9-15-16-17)8-14-11-5-6-11/h2-4,7,9,11,14H,5-6,8H2,1H3. The molecular formula is C13H16N4. The molecule has 1 fully saturated rings. The molecule has 17 heavy (non-hydrogen) atoms. The fourth-order valence-corrected chi connectivity index (χ4v) is 1.89. The van der Waals surface area contributed by atoms with Gasteiger partial charge in [0.1, 0.15) is 0 Å². The SMILES string of the molecule is Cc1cccc(-n2nncc2CNC2CC2)c1. The summed E-state index contributed by atoms with van der Waals surface area (Å²) in [7, 11) is 0. The molecule has 1 saturated carbocycles. The Morgan fingerprint density at radius 1 is 1.41 bits per heavy atom. The third kappa shape index (κ3) is 2.36. The second-order valence-electron chi connectivity index (χ2n) is 4.63. The van der Waals surface area contributed by atoms with Crippen LogP contribution in [0.1, 0.15) is 24.1 Å². The van der Waals surface area contributed by atoms with Crippen LogP contribution >= 0.6 is 0 Å². The molecule has 0 bridgehead atoms. The summed E-state index contributed by atoms with van der Waals surface area (Å²) in [5, 5.41) is 11.6. The monoisotopic (exact) mass is 228 g/mol. The van der Waals surface area contributed by atoms with E-state index in [9.17, 15) is 0 Å². The maximum Gasteiger partial charge on any atom is 0.0783 e. The van der Waals surface area contributed by atoms with Gasteiger partial charge in [-0.1, -0.05) is 17.3 Å². The number of aryl methyl sites for hydroxylation is 1. The van der Waals surface area contributed by atoms with Gasteiger partial charge in [-0.3, -0.25) is 0 Å². The Labute approximate surface area is 101 Å². The van der Waals surface area contributed by atoms with Crippen LogP contribution in [0, 0.1) is 6.92 Å². The summed E-state index contributed by atoms with van der Waals surface area (Å²) in [6.07, 6.45) is 4.43. The summed E-state index contributed by atoms with van der Waals surface area (Å²) in [5.74, 6) is 0. The molecule has 1 aliphatic rings. The number of benzene rings is 1. The second kappa shape index (κ2) is 4.30. The Morgan fingerprint density at radius 2 is 2.29 bits per heavy atom. The third-order valence-corrected chi connectivity index (χ3v) is 3.02. The molecule has 1 N–H and O–H groups in total. The maximum absolute atomic E-state index is 4.15. The van der Waals surface area contributed by atoms with E-state index in [1.54, 1.807) is 0 Å². The number of aromatic nitrogens is 3. The van der Waals surface area contributed by atoms with Gasteiger partial charge in [0.05, 0.1) is 17.6 Å². The van der Waals surface area contributed by atoms with Crippen molar-refractivity contribution in [2.45, 2.75) is 32.4 Å². The predicted molar refractivity (Wildman–Crippen MR) is 66.0 cm³/mol. The van der Waals surface area contributed by atoms with E-state index >= 15 is 0 Å². The average Bonchev–Trinajstić information content (AvgIpc) is 3.04. The molecule has 1 aliphatic carbocycles. The van der Waals surface area contributed by atoms with Crippen molar-refractivity contribution in [1.82, 2.24) is 20.3 Å². The van der Waals surface area contributed by atoms with Crippen LogP contribution in [0.5, 0.6) is 0 Å². The molecule has 0 radical (unpaired) electrons. The van der Waals surface area contributed by atoms with E-state index < -0.39 is 0 Å². The van der Waals surface area contributed by atoms with Crippen molar-refractivity contribution >= 4 is 0 Å². The molecule has 4 nitrogen and oxygen atoms in total. The number of rotatable bonds is 4. The van der Waals surface area contributed by atoms with E-state index in [4.69, 9.17) is 0 Å². The van der Waals surface area contributed by atoms with Gasteiger partial charge in [0, 0.05) is 12.6 Å². The second-order valence-corrected chi connectivity index (χ2v) is 4.63. The van der Waals surface area contributed by atoms with Gasteiger partial charge in [-0.25, -0.2) is 4.68 Å². The van der Waals surface area contributed by atoms with E-state index in [-0.39, 0.29) is 0 Å². The van der Waals surface area contributed by atoms with E-state index in [2.05, 4.69) is 40.8 Å². The Hall–Kier alpha value is -1.68. The maximum atomic E-state index is 4.15. The van der Waals surface area contributed by atoms with Crippen LogP contribution in [0.15, 0.2) is 30.5 Å². The van der Waals surface area contributed by atoms with Gasteiger partial charge in [-0.05, 0) is 37.5 Å². The smallest absolute Gasteiger partial charge is 0.0783 e. The van der Waals surface area contributed by atoms with Crippen LogP contribution in [0.4, 0.5) is 0 Å². The van der Waals surface area contributed by atoms with Gasteiger partial charge in [0.25, 0.3) is 0 Å². The van der Waals surface area contributed by atoms with Crippen LogP contribution in [0.2, 0.25) is 0 Å². The molecular weight excluding hydrogens is 212 g/mol. The highest BCUT2D eigenvalue weighted by atomic mass is 15.4. The highest BCUT2D eigenvalue weighted by Gasteiger charge is 2.20. The highest BCUT2D eigenvalue weighted by Crippen LogP contribution is 2.19. The van der Waals surface area contributed by atoms with E-state index in [1.165, 1.54) is 18.4 Å². The first-order chi connectivity index (χ1) is 8.33. The number of nitrogens with one attached hydrogen (secondary N) is 1. The van der Waals surface area contributed by atoms with E-state index in [0.29, 0.717) is 6.04 Å². The Kier molecular flexibility index (Phi) is 2.65. The van der Waals surface area contributed by atoms with Crippen LogP contribution in [-0.2, 0) is 6.54 Å². The molecule has 1 heterocycles. The first-order valence-electron chi connectivity index (χ1n) is 6.03. The van der Waals surface area contributed by atoms with Crippen molar-refractivity contribution < 1.29 is 0 Å². The lowest BCUT2D eigenvalue weighted by atomic mass is 10.2. The lowest BCUT2D eigenvalue weighted by Crippen LogP contribution is -2.18. The molecule has 1 aromatic heterocycles. The molecule has 1 aromatic carbocycles. The van der Waals surface area contributed by atoms with Crippen molar-refractivity contribution in [3.05, 3.63) is 41.7 Å². The molecule has 88 valence electrons. The van der Waals surface area contributed by atoms with Crippen LogP contribution < -0.4 is 5.32 Å². The van der Waals surface area contributed by atoms with Crippen LogP contribution in [-0.4, -0.2) is 21.0 Å². The highest BCUT2D eigenvalue weighted by molar-refractivity contribution is 5.35. The third-order valence-electron chi connectivity index (χ3n) is 3.02. The first kappa shape index (κ1) is 10.5. The van der Waals surface area contributed by atoms with Gasteiger partial charge >= 0.3 is 0 Å². The summed E-state index contributed by atoms with van der Waals surface area (Å²) in [6.45, 7) is 2.92. The zero-order chi connectivity index (χ0) is 11.7. The minimum atomic E-state index is 0.704. The minimum Gasteiger partial charge on any atom is -0.308 e. The predicted octanol–water partition coefficient (Wildman–Crippen LogP) is 1.83. The molecule has 4 heteroatoms. The largest absolute Gasteiger partial charge is 0.308 e. The zero-order valence-electron chi connectivity index (χ0n) is 9.93. The number of hydrogen-bond acceptors (Lipinski definition) is 3. The van der Waals surface area contributed by atoms with Gasteiger partial charge in [0.2, 0.25) is 0 Å². The van der Waals surface area contributed by atoms with Gasteiger partial charge in [-0.15, -0.1) is 5.10 Å². The fraction of sp³-hybridized carbons (Fsp3) is 0.385. The molecule has 2 aromatic rings. The number of hydrogen-bond donors (Lipinski definition) is 1. The number of nitrogens with zero attached hydrogens (tertiary/aromatic N) is 3. The fourth-order valence-electron chi connectivity index (χ4n) is 1.89. The average molecular weight is 228 g/mol. The lowest BCUT2D eigenvalue weighted by Gasteiger charge is -2.07. The lowest BCUT2D eigenvalue weighted by molar-refractivity contribution is 0.647. The van der Waals surface area contributed by atoms with E-state index in [1.807, 2.05) is 16.9 Å². The molecule has 0 unspecified atom stereocenters. The first-order valence-corrected chi connectivity index (χ1v) is 6.03. The summed E-state index contributed by atoms with van der Waals surface area (Å²) < 4.78 is 1.91. The summed E-state index contributed by atoms with van der Waals surface area (Å²) in [5.41, 5.74) is 3.43. The van der Waals surface area contributed by atoms with Gasteiger partial charge in [0.15, 0.2) is 0 Å². The molecule has 0 spiro atoms. The summed E-state index contributed by atoms with van der Waals surface area (Å²) in [6, 6.07) is 9.01. The van der Waals surface area contributed by atoms with E-state index in [0.717, 1.165) is 17.9 Å². The molecule has 3 rings (SSSR count). The Bertz CT molecular complexity index is 514. The quantitative estimate of drug-likeness (QED) is 0.868. The minimum absolute atomic E-state index is 0.704. The molecule has 0 atom stereocenters. The van der Waals surface area contributed by atoms with Crippen molar-refractivity contribution in [2.24, 2.45) is 0 Å². The van der Waals surface area contributed by atoms with Crippen molar-refractivity contribution in [2.75, 3.05) is 0 Å². The molecule has 0 saturated heterocycles.